The molecule has 6 nitrogen and oxygen atoms in total. The van der Waals surface area contributed by atoms with Gasteiger partial charge in [0.25, 0.3) is 0 Å². The average molecular weight is 356 g/mol. The second kappa shape index (κ2) is 7.38. The van der Waals surface area contributed by atoms with Crippen molar-refractivity contribution in [1.82, 2.24) is 5.32 Å². The van der Waals surface area contributed by atoms with E-state index in [2.05, 4.69) is 27.3 Å². The highest BCUT2D eigenvalue weighted by molar-refractivity contribution is 9.10. The molecule has 0 spiro atoms. The number of rotatable bonds is 7. The Morgan fingerprint density at radius 1 is 1.57 bits per heavy atom. The molecule has 0 aliphatic heterocycles. The topological polar surface area (TPSA) is 88.2 Å². The summed E-state index contributed by atoms with van der Waals surface area (Å²) >= 11 is 3.19. The minimum atomic E-state index is -0.724. The van der Waals surface area contributed by atoms with E-state index < -0.39 is 10.5 Å². The highest BCUT2D eigenvalue weighted by Gasteiger charge is 2.25. The summed E-state index contributed by atoms with van der Waals surface area (Å²) in [4.78, 5) is 10.5. The molecule has 0 saturated carbocycles. The van der Waals surface area contributed by atoms with Crippen molar-refractivity contribution in [2.75, 3.05) is 6.61 Å². The lowest BCUT2D eigenvalue weighted by Gasteiger charge is -2.25. The van der Waals surface area contributed by atoms with E-state index in [9.17, 15) is 15.4 Å². The average Bonchev–Trinajstić information content (AvgIpc) is 2.39. The molecule has 0 saturated heterocycles. The van der Waals surface area contributed by atoms with Gasteiger partial charge in [0.05, 0.1) is 17.6 Å². The molecule has 21 heavy (non-hydrogen) atoms. The zero-order valence-corrected chi connectivity index (χ0v) is 13.8. The van der Waals surface area contributed by atoms with Gasteiger partial charge in [-0.1, -0.05) is 15.9 Å². The van der Waals surface area contributed by atoms with Gasteiger partial charge < -0.3 is 4.74 Å². The number of nitro benzene ring substituents is 1. The lowest BCUT2D eigenvalue weighted by atomic mass is 9.99. The number of nitriles is 1. The van der Waals surface area contributed by atoms with Crippen LogP contribution in [0.5, 0.6) is 5.75 Å². The Kier molecular flexibility index (Phi) is 6.12. The monoisotopic (exact) mass is 355 g/mol. The number of benzene rings is 1. The van der Waals surface area contributed by atoms with Gasteiger partial charge in [0.15, 0.2) is 5.75 Å². The molecule has 1 aromatic rings. The minimum absolute atomic E-state index is 0.0974. The van der Waals surface area contributed by atoms with E-state index in [4.69, 9.17) is 4.74 Å². The van der Waals surface area contributed by atoms with Crippen molar-refractivity contribution in [3.63, 3.8) is 0 Å². The SMILES string of the molecule is CC(C)NC(C)(C#N)CCOc1ccc(Br)cc1[N+](=O)[O-]. The van der Waals surface area contributed by atoms with Crippen LogP contribution in [0.2, 0.25) is 0 Å². The van der Waals surface area contributed by atoms with Crippen LogP contribution in [0.15, 0.2) is 22.7 Å². The maximum atomic E-state index is 11.0. The highest BCUT2D eigenvalue weighted by atomic mass is 79.9. The molecule has 0 amide bonds. The van der Waals surface area contributed by atoms with Gasteiger partial charge in [0, 0.05) is 23.0 Å². The van der Waals surface area contributed by atoms with Gasteiger partial charge in [-0.3, -0.25) is 15.4 Å². The Labute approximate surface area is 132 Å². The molecule has 1 rings (SSSR count). The Balaban J connectivity index is 2.72. The lowest BCUT2D eigenvalue weighted by molar-refractivity contribution is -0.386. The van der Waals surface area contributed by atoms with Gasteiger partial charge >= 0.3 is 5.69 Å². The second-order valence-electron chi connectivity index (χ2n) is 5.21. The van der Waals surface area contributed by atoms with E-state index in [1.54, 1.807) is 19.1 Å². The smallest absolute Gasteiger partial charge is 0.312 e. The van der Waals surface area contributed by atoms with Gasteiger partial charge in [-0.05, 0) is 32.9 Å². The highest BCUT2D eigenvalue weighted by Crippen LogP contribution is 2.30. The molecule has 1 aromatic carbocycles. The van der Waals surface area contributed by atoms with Crippen molar-refractivity contribution >= 4 is 21.6 Å². The van der Waals surface area contributed by atoms with Crippen molar-refractivity contribution in [3.05, 3.63) is 32.8 Å². The number of ether oxygens (including phenoxy) is 1. The van der Waals surface area contributed by atoms with Crippen LogP contribution in [0.25, 0.3) is 0 Å². The van der Waals surface area contributed by atoms with Gasteiger partial charge in [0.1, 0.15) is 5.54 Å². The van der Waals surface area contributed by atoms with E-state index in [0.29, 0.717) is 10.9 Å². The number of nitro groups is 1. The number of nitrogens with one attached hydrogen (secondary N) is 1. The van der Waals surface area contributed by atoms with Crippen LogP contribution in [-0.4, -0.2) is 23.1 Å². The van der Waals surface area contributed by atoms with Crippen molar-refractivity contribution < 1.29 is 9.66 Å². The molecule has 114 valence electrons. The molecular weight excluding hydrogens is 338 g/mol. The summed E-state index contributed by atoms with van der Waals surface area (Å²) < 4.78 is 6.09. The fourth-order valence-electron chi connectivity index (χ4n) is 1.92. The van der Waals surface area contributed by atoms with Crippen LogP contribution in [0, 0.1) is 21.4 Å². The summed E-state index contributed by atoms with van der Waals surface area (Å²) in [5.41, 5.74) is -0.821. The van der Waals surface area contributed by atoms with Crippen LogP contribution in [-0.2, 0) is 0 Å². The predicted octanol–water partition coefficient (Wildman–Crippen LogP) is 3.41. The van der Waals surface area contributed by atoms with Crippen LogP contribution in [0.1, 0.15) is 27.2 Å². The molecule has 0 radical (unpaired) electrons. The number of nitrogens with zero attached hydrogens (tertiary/aromatic N) is 2. The van der Waals surface area contributed by atoms with Crippen molar-refractivity contribution in [2.24, 2.45) is 0 Å². The molecule has 0 heterocycles. The normalized spacial score (nSPS) is 13.5. The van der Waals surface area contributed by atoms with E-state index in [0.717, 1.165) is 0 Å². The van der Waals surface area contributed by atoms with Gasteiger partial charge in [-0.25, -0.2) is 0 Å². The quantitative estimate of drug-likeness (QED) is 0.597. The number of halogens is 1. The van der Waals surface area contributed by atoms with Crippen LogP contribution in [0.3, 0.4) is 0 Å². The van der Waals surface area contributed by atoms with Gasteiger partial charge in [0.2, 0.25) is 0 Å². The third-order valence-electron chi connectivity index (χ3n) is 2.83. The molecular formula is C14H18BrN3O3. The first-order chi connectivity index (χ1) is 9.77. The first-order valence-electron chi connectivity index (χ1n) is 6.53. The molecule has 0 aliphatic carbocycles. The Morgan fingerprint density at radius 3 is 2.76 bits per heavy atom. The Morgan fingerprint density at radius 2 is 2.24 bits per heavy atom. The largest absolute Gasteiger partial charge is 0.487 e. The maximum Gasteiger partial charge on any atom is 0.312 e. The van der Waals surface area contributed by atoms with Gasteiger partial charge in [-0.2, -0.15) is 5.26 Å². The third kappa shape index (κ3) is 5.33. The predicted molar refractivity (Wildman–Crippen MR) is 83.2 cm³/mol. The fourth-order valence-corrected chi connectivity index (χ4v) is 2.27. The van der Waals surface area contributed by atoms with E-state index >= 15 is 0 Å². The minimum Gasteiger partial charge on any atom is -0.487 e. The Bertz CT molecular complexity index is 557. The van der Waals surface area contributed by atoms with Crippen molar-refractivity contribution in [3.8, 4) is 11.8 Å². The molecule has 1 unspecified atom stereocenters. The van der Waals surface area contributed by atoms with Crippen LogP contribution >= 0.6 is 15.9 Å². The first-order valence-corrected chi connectivity index (χ1v) is 7.32. The van der Waals surface area contributed by atoms with Crippen molar-refractivity contribution in [1.29, 1.82) is 5.26 Å². The fraction of sp³-hybridized carbons (Fsp3) is 0.500. The summed E-state index contributed by atoms with van der Waals surface area (Å²) in [5.74, 6) is 0.202. The zero-order valence-electron chi connectivity index (χ0n) is 12.2. The Hall–Kier alpha value is -1.65. The molecule has 0 fully saturated rings. The van der Waals surface area contributed by atoms with Crippen LogP contribution in [0.4, 0.5) is 5.69 Å². The molecule has 0 aromatic heterocycles. The molecule has 0 aliphatic rings. The summed E-state index contributed by atoms with van der Waals surface area (Å²) in [7, 11) is 0. The van der Waals surface area contributed by atoms with Crippen LogP contribution < -0.4 is 10.1 Å². The van der Waals surface area contributed by atoms with E-state index in [-0.39, 0.29) is 24.1 Å². The molecule has 7 heteroatoms. The standard InChI is InChI=1S/C14H18BrN3O3/c1-10(2)17-14(3,9-16)6-7-21-13-5-4-11(15)8-12(13)18(19)20/h4-5,8,10,17H,6-7H2,1-3H3. The second-order valence-corrected chi connectivity index (χ2v) is 6.13. The zero-order chi connectivity index (χ0) is 16.0. The molecule has 0 bridgehead atoms. The molecule has 1 N–H and O–H groups in total. The third-order valence-corrected chi connectivity index (χ3v) is 3.32. The first kappa shape index (κ1) is 17.4. The lowest BCUT2D eigenvalue weighted by Crippen LogP contribution is -2.45. The number of hydrogen-bond donors (Lipinski definition) is 1. The van der Waals surface area contributed by atoms with E-state index in [1.165, 1.54) is 6.07 Å². The van der Waals surface area contributed by atoms with Crippen molar-refractivity contribution in [2.45, 2.75) is 38.8 Å². The van der Waals surface area contributed by atoms with Gasteiger partial charge in [-0.15, -0.1) is 0 Å². The summed E-state index contributed by atoms with van der Waals surface area (Å²) in [6.07, 6.45) is 0.425. The van der Waals surface area contributed by atoms with E-state index in [1.807, 2.05) is 13.8 Å². The molecule has 1 atom stereocenters. The summed E-state index contributed by atoms with van der Waals surface area (Å²) in [6, 6.07) is 6.99. The number of hydrogen-bond acceptors (Lipinski definition) is 5. The summed E-state index contributed by atoms with van der Waals surface area (Å²) in [5, 5.41) is 23.4. The maximum absolute atomic E-state index is 11.0. The summed E-state index contributed by atoms with van der Waals surface area (Å²) in [6.45, 7) is 5.91.